The van der Waals surface area contributed by atoms with E-state index in [1.165, 1.54) is 13.2 Å². The molecule has 0 aliphatic rings. The van der Waals surface area contributed by atoms with Gasteiger partial charge in [0.05, 0.1) is 6.61 Å². The van der Waals surface area contributed by atoms with E-state index in [9.17, 15) is 9.59 Å². The molecule has 0 saturated heterocycles. The molecule has 0 heterocycles. The topological polar surface area (TPSA) is 71.1 Å². The van der Waals surface area contributed by atoms with Crippen molar-refractivity contribution in [3.63, 3.8) is 0 Å². The number of hydrogen-bond donors (Lipinski definition) is 0. The summed E-state index contributed by atoms with van der Waals surface area (Å²) in [6.07, 6.45) is -0.414. The summed E-state index contributed by atoms with van der Waals surface area (Å²) in [5.41, 5.74) is 0. The van der Waals surface area contributed by atoms with Crippen molar-refractivity contribution in [1.29, 1.82) is 0 Å². The van der Waals surface area contributed by atoms with Crippen LogP contribution in [0.1, 0.15) is 6.92 Å². The first-order valence-corrected chi connectivity index (χ1v) is 4.75. The van der Waals surface area contributed by atoms with Gasteiger partial charge in [-0.05, 0) is 6.92 Å². The summed E-state index contributed by atoms with van der Waals surface area (Å²) in [5, 5.41) is 0. The van der Waals surface area contributed by atoms with E-state index in [0.717, 1.165) is 0 Å². The summed E-state index contributed by atoms with van der Waals surface area (Å²) in [5.74, 6) is -0.582. The van der Waals surface area contributed by atoms with Gasteiger partial charge in [0.25, 0.3) is 0 Å². The van der Waals surface area contributed by atoms with E-state index in [1.807, 2.05) is 0 Å². The Bertz CT molecular complexity index is 237. The molecule has 92 valence electrons. The minimum Gasteiger partial charge on any atom is -0.464 e. The minimum atomic E-state index is -0.934. The van der Waals surface area contributed by atoms with Gasteiger partial charge in [0, 0.05) is 7.11 Å². The molecule has 1 unspecified atom stereocenters. The van der Waals surface area contributed by atoms with Crippen LogP contribution in [-0.2, 0) is 23.7 Å². The van der Waals surface area contributed by atoms with Crippen LogP contribution >= 0.6 is 0 Å². The Morgan fingerprint density at radius 1 is 1.31 bits per heavy atom. The van der Waals surface area contributed by atoms with Gasteiger partial charge in [-0.25, -0.2) is 9.59 Å². The summed E-state index contributed by atoms with van der Waals surface area (Å²) in [7, 11) is 1.32. The molecule has 0 saturated carbocycles. The second-order valence-corrected chi connectivity index (χ2v) is 2.64. The molecule has 0 fully saturated rings. The molecule has 0 aromatic heterocycles. The van der Waals surface area contributed by atoms with Crippen molar-refractivity contribution in [2.75, 3.05) is 26.9 Å². The normalized spacial score (nSPS) is 11.4. The minimum absolute atomic E-state index is 0.0515. The average Bonchev–Trinajstić information content (AvgIpc) is 2.27. The number of rotatable bonds is 7. The Morgan fingerprint density at radius 3 is 2.50 bits per heavy atom. The van der Waals surface area contributed by atoms with Gasteiger partial charge in [0.1, 0.15) is 13.2 Å². The quantitative estimate of drug-likeness (QED) is 0.480. The van der Waals surface area contributed by atoms with Gasteiger partial charge in [0.2, 0.25) is 0 Å². The number of carbonyl (C=O) groups is 2. The van der Waals surface area contributed by atoms with E-state index in [1.54, 1.807) is 6.92 Å². The van der Waals surface area contributed by atoms with Crippen molar-refractivity contribution >= 4 is 12.1 Å². The van der Waals surface area contributed by atoms with Crippen molar-refractivity contribution in [3.8, 4) is 0 Å². The lowest BCUT2D eigenvalue weighted by Crippen LogP contribution is -2.31. The Morgan fingerprint density at radius 2 is 2.00 bits per heavy atom. The first-order chi connectivity index (χ1) is 7.65. The number of esters is 1. The van der Waals surface area contributed by atoms with E-state index >= 15 is 0 Å². The van der Waals surface area contributed by atoms with Crippen molar-refractivity contribution in [3.05, 3.63) is 12.7 Å². The predicted molar refractivity (Wildman–Crippen MR) is 54.9 cm³/mol. The first-order valence-electron chi connectivity index (χ1n) is 4.75. The molecule has 0 radical (unpaired) electrons. The molecule has 0 aromatic rings. The molecule has 0 aliphatic heterocycles. The van der Waals surface area contributed by atoms with Crippen LogP contribution in [0.3, 0.4) is 0 Å². The molecule has 0 rings (SSSR count). The van der Waals surface area contributed by atoms with Crippen molar-refractivity contribution in [2.45, 2.75) is 13.0 Å². The highest BCUT2D eigenvalue weighted by Crippen LogP contribution is 1.97. The van der Waals surface area contributed by atoms with Crippen LogP contribution in [0.5, 0.6) is 0 Å². The van der Waals surface area contributed by atoms with E-state index in [-0.39, 0.29) is 19.8 Å². The fourth-order valence-corrected chi connectivity index (χ4v) is 0.780. The summed E-state index contributed by atoms with van der Waals surface area (Å²) < 4.78 is 18.7. The fourth-order valence-electron chi connectivity index (χ4n) is 0.780. The third-order valence-corrected chi connectivity index (χ3v) is 1.51. The largest absolute Gasteiger partial charge is 0.508 e. The summed E-state index contributed by atoms with van der Waals surface area (Å²) in [6, 6.07) is 0. The molecule has 0 aromatic carbocycles. The third-order valence-electron chi connectivity index (χ3n) is 1.51. The van der Waals surface area contributed by atoms with Crippen molar-refractivity contribution in [1.82, 2.24) is 0 Å². The SMILES string of the molecule is C=CCOC(=O)OCC(OC)C(=O)OCC. The number of methoxy groups -OCH3 is 1. The fraction of sp³-hybridized carbons (Fsp3) is 0.600. The lowest BCUT2D eigenvalue weighted by atomic mass is 10.4. The average molecular weight is 232 g/mol. The maximum absolute atomic E-state index is 11.2. The molecule has 0 bridgehead atoms. The molecule has 0 amide bonds. The number of ether oxygens (including phenoxy) is 4. The number of carbonyl (C=O) groups excluding carboxylic acids is 2. The van der Waals surface area contributed by atoms with Crippen LogP contribution in [0.15, 0.2) is 12.7 Å². The molecule has 0 aliphatic carbocycles. The van der Waals surface area contributed by atoms with Gasteiger partial charge < -0.3 is 18.9 Å². The summed E-state index contributed by atoms with van der Waals surface area (Å²) in [4.78, 5) is 22.1. The summed E-state index contributed by atoms with van der Waals surface area (Å²) in [6.45, 7) is 5.08. The van der Waals surface area contributed by atoms with Crippen molar-refractivity contribution in [2.24, 2.45) is 0 Å². The van der Waals surface area contributed by atoms with Gasteiger partial charge in [-0.1, -0.05) is 12.7 Å². The van der Waals surface area contributed by atoms with E-state index in [2.05, 4.69) is 16.1 Å². The van der Waals surface area contributed by atoms with Crippen molar-refractivity contribution < 1.29 is 28.5 Å². The number of hydrogen-bond acceptors (Lipinski definition) is 6. The molecule has 6 nitrogen and oxygen atoms in total. The standard InChI is InChI=1S/C10H16O6/c1-4-6-15-10(12)16-7-8(13-3)9(11)14-5-2/h4,8H,1,5-7H2,2-3H3. The second kappa shape index (κ2) is 8.72. The zero-order chi connectivity index (χ0) is 12.4. The van der Waals surface area contributed by atoms with Gasteiger partial charge in [-0.15, -0.1) is 0 Å². The zero-order valence-electron chi connectivity index (χ0n) is 9.43. The van der Waals surface area contributed by atoms with Crippen LogP contribution in [-0.4, -0.2) is 45.2 Å². The highest BCUT2D eigenvalue weighted by molar-refractivity contribution is 5.75. The highest BCUT2D eigenvalue weighted by atomic mass is 16.7. The van der Waals surface area contributed by atoms with Gasteiger partial charge in [-0.2, -0.15) is 0 Å². The summed E-state index contributed by atoms with van der Waals surface area (Å²) >= 11 is 0. The first kappa shape index (κ1) is 14.4. The van der Waals surface area contributed by atoms with Gasteiger partial charge >= 0.3 is 12.1 Å². The molecule has 0 N–H and O–H groups in total. The molecule has 0 spiro atoms. The van der Waals surface area contributed by atoms with Gasteiger partial charge in [0.15, 0.2) is 6.10 Å². The second-order valence-electron chi connectivity index (χ2n) is 2.64. The van der Waals surface area contributed by atoms with Crippen LogP contribution < -0.4 is 0 Å². The Kier molecular flexibility index (Phi) is 7.87. The lowest BCUT2D eigenvalue weighted by Gasteiger charge is -2.13. The van der Waals surface area contributed by atoms with E-state index < -0.39 is 18.2 Å². The van der Waals surface area contributed by atoms with Gasteiger partial charge in [-0.3, -0.25) is 0 Å². The molecule has 16 heavy (non-hydrogen) atoms. The molecule has 6 heteroatoms. The van der Waals surface area contributed by atoms with E-state index in [0.29, 0.717) is 0 Å². The van der Waals surface area contributed by atoms with Crippen LogP contribution in [0.25, 0.3) is 0 Å². The maximum atomic E-state index is 11.2. The Balaban J connectivity index is 3.90. The zero-order valence-corrected chi connectivity index (χ0v) is 9.43. The van der Waals surface area contributed by atoms with E-state index in [4.69, 9.17) is 9.47 Å². The van der Waals surface area contributed by atoms with Crippen LogP contribution in [0.2, 0.25) is 0 Å². The molecular weight excluding hydrogens is 216 g/mol. The molecular formula is C10H16O6. The maximum Gasteiger partial charge on any atom is 0.508 e. The Labute approximate surface area is 94.1 Å². The Hall–Kier alpha value is -1.56. The highest BCUT2D eigenvalue weighted by Gasteiger charge is 2.21. The smallest absolute Gasteiger partial charge is 0.464 e. The monoisotopic (exact) mass is 232 g/mol. The lowest BCUT2D eigenvalue weighted by molar-refractivity contribution is -0.157. The third kappa shape index (κ3) is 6.02. The van der Waals surface area contributed by atoms with Crippen LogP contribution in [0, 0.1) is 0 Å². The predicted octanol–water partition coefficient (Wildman–Crippen LogP) is 0.904. The molecule has 1 atom stereocenters. The van der Waals surface area contributed by atoms with Crippen LogP contribution in [0.4, 0.5) is 4.79 Å².